The summed E-state index contributed by atoms with van der Waals surface area (Å²) in [5.41, 5.74) is 1.86. The number of anilines is 1. The second-order valence-electron chi connectivity index (χ2n) is 7.11. The maximum Gasteiger partial charge on any atom is 0.262 e. The van der Waals surface area contributed by atoms with Crippen molar-refractivity contribution >= 4 is 27.5 Å². The van der Waals surface area contributed by atoms with Crippen LogP contribution in [0.3, 0.4) is 0 Å². The van der Waals surface area contributed by atoms with Crippen LogP contribution in [0.15, 0.2) is 47.4 Å². The van der Waals surface area contributed by atoms with Gasteiger partial charge in [0.2, 0.25) is 15.9 Å². The van der Waals surface area contributed by atoms with Crippen LogP contribution >= 0.6 is 0 Å². The van der Waals surface area contributed by atoms with Gasteiger partial charge in [0.25, 0.3) is 5.91 Å². The third-order valence-electron chi connectivity index (χ3n) is 4.91. The fourth-order valence-electron chi connectivity index (χ4n) is 3.22. The molecular formula is C21H25N3O5S. The van der Waals surface area contributed by atoms with E-state index in [1.165, 1.54) is 13.1 Å². The molecule has 0 fully saturated rings. The zero-order valence-corrected chi connectivity index (χ0v) is 18.0. The van der Waals surface area contributed by atoms with Crippen molar-refractivity contribution in [2.45, 2.75) is 25.3 Å². The zero-order chi connectivity index (χ0) is 21.9. The lowest BCUT2D eigenvalue weighted by Gasteiger charge is -2.25. The van der Waals surface area contributed by atoms with E-state index in [9.17, 15) is 18.0 Å². The van der Waals surface area contributed by atoms with E-state index in [0.29, 0.717) is 24.3 Å². The van der Waals surface area contributed by atoms with Crippen molar-refractivity contribution in [2.24, 2.45) is 0 Å². The second kappa shape index (κ2) is 8.85. The molecule has 160 valence electrons. The molecule has 0 aromatic heterocycles. The molecule has 0 spiro atoms. The van der Waals surface area contributed by atoms with Crippen molar-refractivity contribution in [1.29, 1.82) is 0 Å². The molecule has 0 unspecified atom stereocenters. The molecule has 0 saturated heterocycles. The van der Waals surface area contributed by atoms with Crippen LogP contribution in [0.1, 0.15) is 18.1 Å². The summed E-state index contributed by atoms with van der Waals surface area (Å²) in [6.45, 7) is 3.92. The van der Waals surface area contributed by atoms with Gasteiger partial charge in [-0.05, 0) is 31.0 Å². The number of hydrogen-bond donors (Lipinski definition) is 1. The van der Waals surface area contributed by atoms with Crippen molar-refractivity contribution in [3.05, 3.63) is 53.6 Å². The molecule has 0 aliphatic carbocycles. The van der Waals surface area contributed by atoms with Crippen LogP contribution in [-0.4, -0.2) is 56.2 Å². The maximum absolute atomic E-state index is 13.1. The van der Waals surface area contributed by atoms with E-state index in [-0.39, 0.29) is 35.6 Å². The Morgan fingerprint density at radius 1 is 1.20 bits per heavy atom. The molecule has 1 aliphatic rings. The van der Waals surface area contributed by atoms with Crippen molar-refractivity contribution in [3.8, 4) is 5.75 Å². The van der Waals surface area contributed by atoms with Gasteiger partial charge in [-0.2, -0.15) is 4.31 Å². The lowest BCUT2D eigenvalue weighted by molar-refractivity contribution is -0.131. The van der Waals surface area contributed by atoms with Gasteiger partial charge in [-0.25, -0.2) is 8.42 Å². The highest BCUT2D eigenvalue weighted by Gasteiger charge is 2.29. The van der Waals surface area contributed by atoms with E-state index in [2.05, 4.69) is 5.32 Å². The Balaban J connectivity index is 1.77. The lowest BCUT2D eigenvalue weighted by atomic mass is 10.2. The number of carbonyl (C=O) groups is 2. The molecule has 1 N–H and O–H groups in total. The molecule has 0 radical (unpaired) electrons. The quantitative estimate of drug-likeness (QED) is 0.723. The monoisotopic (exact) mass is 431 g/mol. The topological polar surface area (TPSA) is 96.0 Å². The predicted molar refractivity (Wildman–Crippen MR) is 113 cm³/mol. The van der Waals surface area contributed by atoms with E-state index >= 15 is 0 Å². The molecule has 30 heavy (non-hydrogen) atoms. The summed E-state index contributed by atoms with van der Waals surface area (Å²) in [4.78, 5) is 25.9. The number of benzene rings is 2. The van der Waals surface area contributed by atoms with Crippen LogP contribution in [0.5, 0.6) is 5.75 Å². The number of fused-ring (bicyclic) bond motifs is 1. The Kier molecular flexibility index (Phi) is 6.42. The van der Waals surface area contributed by atoms with E-state index in [0.717, 1.165) is 9.87 Å². The Hall–Kier alpha value is -2.91. The number of carbonyl (C=O) groups excluding carboxylic acids is 2. The van der Waals surface area contributed by atoms with E-state index in [4.69, 9.17) is 4.74 Å². The Labute approximate surface area is 176 Å². The minimum Gasteiger partial charge on any atom is -0.482 e. The standard InChI is InChI=1S/C21H25N3O5S/c1-4-24(12-16-8-6-5-7-9-16)21(26)13-23(3)30(27,28)19-11-18-17(10-15(19)2)22-20(25)14-29-18/h5-11H,4,12-14H2,1-3H3,(H,22,25). The van der Waals surface area contributed by atoms with Gasteiger partial charge < -0.3 is 15.0 Å². The molecule has 2 aromatic carbocycles. The van der Waals surface area contributed by atoms with Crippen LogP contribution in [0.2, 0.25) is 0 Å². The SMILES string of the molecule is CCN(Cc1ccccc1)C(=O)CN(C)S(=O)(=O)c1cc2c(cc1C)NC(=O)CO2. The number of hydrogen-bond acceptors (Lipinski definition) is 5. The maximum atomic E-state index is 13.1. The molecule has 2 aromatic rings. The number of amides is 2. The number of rotatable bonds is 7. The highest BCUT2D eigenvalue weighted by Crippen LogP contribution is 2.33. The van der Waals surface area contributed by atoms with Gasteiger partial charge in [-0.1, -0.05) is 30.3 Å². The van der Waals surface area contributed by atoms with Gasteiger partial charge in [0.15, 0.2) is 6.61 Å². The molecule has 3 rings (SSSR count). The van der Waals surface area contributed by atoms with Crippen LogP contribution < -0.4 is 10.1 Å². The highest BCUT2D eigenvalue weighted by atomic mass is 32.2. The summed E-state index contributed by atoms with van der Waals surface area (Å²) in [5, 5.41) is 2.65. The number of nitrogens with one attached hydrogen (secondary N) is 1. The van der Waals surface area contributed by atoms with Gasteiger partial charge >= 0.3 is 0 Å². The fourth-order valence-corrected chi connectivity index (χ4v) is 4.56. The number of aryl methyl sites for hydroxylation is 1. The first kappa shape index (κ1) is 21.8. The Morgan fingerprint density at radius 2 is 1.90 bits per heavy atom. The van der Waals surface area contributed by atoms with Crippen LogP contribution in [0, 0.1) is 6.92 Å². The zero-order valence-electron chi connectivity index (χ0n) is 17.2. The van der Waals surface area contributed by atoms with E-state index < -0.39 is 10.0 Å². The van der Waals surface area contributed by atoms with Crippen LogP contribution in [-0.2, 0) is 26.2 Å². The smallest absolute Gasteiger partial charge is 0.262 e. The molecule has 0 atom stereocenters. The minimum atomic E-state index is -3.93. The summed E-state index contributed by atoms with van der Waals surface area (Å²) in [5.74, 6) is -0.289. The van der Waals surface area contributed by atoms with Gasteiger partial charge in [-0.15, -0.1) is 0 Å². The third kappa shape index (κ3) is 4.63. The second-order valence-corrected chi connectivity index (χ2v) is 9.12. The van der Waals surface area contributed by atoms with Crippen molar-refractivity contribution in [2.75, 3.05) is 32.1 Å². The first-order chi connectivity index (χ1) is 14.2. The molecule has 1 heterocycles. The number of ether oxygens (including phenoxy) is 1. The average molecular weight is 432 g/mol. The molecule has 9 heteroatoms. The van der Waals surface area contributed by atoms with Crippen molar-refractivity contribution in [3.63, 3.8) is 0 Å². The van der Waals surface area contributed by atoms with Gasteiger partial charge in [0.1, 0.15) is 5.75 Å². The van der Waals surface area contributed by atoms with E-state index in [1.54, 1.807) is 17.9 Å². The summed E-state index contributed by atoms with van der Waals surface area (Å²) in [7, 11) is -2.55. The molecule has 2 amide bonds. The number of nitrogens with zero attached hydrogens (tertiary/aromatic N) is 2. The summed E-state index contributed by atoms with van der Waals surface area (Å²) in [6.07, 6.45) is 0. The van der Waals surface area contributed by atoms with Crippen molar-refractivity contribution in [1.82, 2.24) is 9.21 Å². The summed E-state index contributed by atoms with van der Waals surface area (Å²) < 4.78 is 32.6. The van der Waals surface area contributed by atoms with Crippen LogP contribution in [0.25, 0.3) is 0 Å². The molecule has 1 aliphatic heterocycles. The molecule has 8 nitrogen and oxygen atoms in total. The Morgan fingerprint density at radius 3 is 2.57 bits per heavy atom. The molecular weight excluding hydrogens is 406 g/mol. The highest BCUT2D eigenvalue weighted by molar-refractivity contribution is 7.89. The van der Waals surface area contributed by atoms with E-state index in [1.807, 2.05) is 37.3 Å². The molecule has 0 saturated carbocycles. The summed E-state index contributed by atoms with van der Waals surface area (Å²) in [6, 6.07) is 12.5. The van der Waals surface area contributed by atoms with Gasteiger partial charge in [-0.3, -0.25) is 9.59 Å². The Bertz CT molecular complexity index is 1050. The minimum absolute atomic E-state index is 0.0406. The predicted octanol–water partition coefficient (Wildman–Crippen LogP) is 2.00. The first-order valence-electron chi connectivity index (χ1n) is 9.57. The number of sulfonamides is 1. The van der Waals surface area contributed by atoms with Crippen molar-refractivity contribution < 1.29 is 22.7 Å². The first-order valence-corrected chi connectivity index (χ1v) is 11.0. The normalized spacial score (nSPS) is 13.4. The average Bonchev–Trinajstić information content (AvgIpc) is 2.71. The molecule has 0 bridgehead atoms. The number of likely N-dealkylation sites (N-methyl/N-ethyl adjacent to an activating group) is 2. The largest absolute Gasteiger partial charge is 0.482 e. The summed E-state index contributed by atoms with van der Waals surface area (Å²) >= 11 is 0. The van der Waals surface area contributed by atoms with Gasteiger partial charge in [0, 0.05) is 26.2 Å². The lowest BCUT2D eigenvalue weighted by Crippen LogP contribution is -2.41. The third-order valence-corrected chi connectivity index (χ3v) is 6.85. The van der Waals surface area contributed by atoms with Crippen LogP contribution in [0.4, 0.5) is 5.69 Å². The van der Waals surface area contributed by atoms with Gasteiger partial charge in [0.05, 0.1) is 17.1 Å². The fraction of sp³-hybridized carbons (Fsp3) is 0.333.